The lowest BCUT2D eigenvalue weighted by molar-refractivity contribution is -0.884. The van der Waals surface area contributed by atoms with E-state index >= 15 is 0 Å². The Morgan fingerprint density at radius 3 is 2.71 bits per heavy atom. The van der Waals surface area contributed by atoms with Gasteiger partial charge in [0.2, 0.25) is 5.75 Å². The van der Waals surface area contributed by atoms with Gasteiger partial charge in [0.25, 0.3) is 0 Å². The lowest BCUT2D eigenvalue weighted by Crippen LogP contribution is -2.33. The van der Waals surface area contributed by atoms with Gasteiger partial charge in [-0.25, -0.2) is 0 Å². The molecule has 1 N–H and O–H groups in total. The molecular formula is C13H20NO3+. The number of nitrogens with zero attached hydrogens (tertiary/aromatic N) is 1. The molecule has 0 saturated heterocycles. The zero-order chi connectivity index (χ0) is 12.6. The van der Waals surface area contributed by atoms with E-state index in [1.54, 1.807) is 7.11 Å². The van der Waals surface area contributed by atoms with Gasteiger partial charge in [0.1, 0.15) is 6.54 Å². The summed E-state index contributed by atoms with van der Waals surface area (Å²) in [4.78, 5) is 0. The zero-order valence-electron chi connectivity index (χ0n) is 10.9. The van der Waals surface area contributed by atoms with Crippen LogP contribution in [0.5, 0.6) is 17.2 Å². The number of aromatic hydroxyl groups is 1. The molecule has 0 bridgehead atoms. The van der Waals surface area contributed by atoms with Gasteiger partial charge in [-0.1, -0.05) is 0 Å². The molecule has 0 fully saturated rings. The summed E-state index contributed by atoms with van der Waals surface area (Å²) < 4.78 is 11.5. The average Bonchev–Trinajstić information content (AvgIpc) is 2.69. The number of hydrogen-bond donors (Lipinski definition) is 1. The summed E-state index contributed by atoms with van der Waals surface area (Å²) in [6.45, 7) is 1.53. The Morgan fingerprint density at radius 1 is 1.41 bits per heavy atom. The van der Waals surface area contributed by atoms with Gasteiger partial charge in [-0.15, -0.1) is 0 Å². The summed E-state index contributed by atoms with van der Waals surface area (Å²) in [7, 11) is 7.98. The summed E-state index contributed by atoms with van der Waals surface area (Å²) in [5, 5.41) is 9.98. The van der Waals surface area contributed by atoms with Crippen molar-refractivity contribution in [1.82, 2.24) is 0 Å². The van der Waals surface area contributed by atoms with Gasteiger partial charge < -0.3 is 19.1 Å². The van der Waals surface area contributed by atoms with Crippen molar-refractivity contribution in [2.75, 3.05) is 34.9 Å². The molecular weight excluding hydrogens is 218 g/mol. The van der Waals surface area contributed by atoms with Crippen LogP contribution in [0.3, 0.4) is 0 Å². The SMILES string of the molecule is COc1cc(C[N+](C)(C)C)c2c(c1O)OCC2. The van der Waals surface area contributed by atoms with Crippen molar-refractivity contribution in [1.29, 1.82) is 0 Å². The summed E-state index contributed by atoms with van der Waals surface area (Å²) in [5.74, 6) is 1.23. The standard InChI is InChI=1S/C13H19NO3/c1-14(2,3)8-9-7-11(16-4)12(15)13-10(9)5-6-17-13/h7H,5-6,8H2,1-4H3/p+1. The fourth-order valence-electron chi connectivity index (χ4n) is 2.21. The third-order valence-corrected chi connectivity index (χ3v) is 2.88. The molecule has 94 valence electrons. The number of fused-ring (bicyclic) bond motifs is 1. The third kappa shape index (κ3) is 2.31. The number of phenolic OH excluding ortho intramolecular Hbond substituents is 1. The molecule has 1 aromatic rings. The van der Waals surface area contributed by atoms with Crippen molar-refractivity contribution in [3.05, 3.63) is 17.2 Å². The highest BCUT2D eigenvalue weighted by atomic mass is 16.5. The molecule has 1 aromatic carbocycles. The monoisotopic (exact) mass is 238 g/mol. The molecule has 0 atom stereocenters. The first kappa shape index (κ1) is 12.0. The van der Waals surface area contributed by atoms with E-state index in [0.29, 0.717) is 18.1 Å². The third-order valence-electron chi connectivity index (χ3n) is 2.88. The van der Waals surface area contributed by atoms with Crippen molar-refractivity contribution < 1.29 is 19.1 Å². The van der Waals surface area contributed by atoms with Crippen LogP contribution in [-0.2, 0) is 13.0 Å². The predicted molar refractivity (Wildman–Crippen MR) is 65.6 cm³/mol. The van der Waals surface area contributed by atoms with Crippen molar-refractivity contribution in [3.8, 4) is 17.2 Å². The predicted octanol–water partition coefficient (Wildman–Crippen LogP) is 1.54. The lowest BCUT2D eigenvalue weighted by Gasteiger charge is -2.25. The lowest BCUT2D eigenvalue weighted by atomic mass is 10.0. The smallest absolute Gasteiger partial charge is 0.201 e. The van der Waals surface area contributed by atoms with Crippen LogP contribution >= 0.6 is 0 Å². The average molecular weight is 238 g/mol. The number of benzene rings is 1. The van der Waals surface area contributed by atoms with Gasteiger partial charge in [0.15, 0.2) is 11.5 Å². The van der Waals surface area contributed by atoms with Crippen LogP contribution < -0.4 is 9.47 Å². The molecule has 0 radical (unpaired) electrons. The molecule has 4 heteroatoms. The van der Waals surface area contributed by atoms with E-state index in [1.165, 1.54) is 5.56 Å². The van der Waals surface area contributed by atoms with Crippen LogP contribution in [0.15, 0.2) is 6.07 Å². The maximum absolute atomic E-state index is 9.98. The number of phenols is 1. The number of hydrogen-bond acceptors (Lipinski definition) is 3. The second-order valence-corrected chi connectivity index (χ2v) is 5.44. The largest absolute Gasteiger partial charge is 0.502 e. The molecule has 4 nitrogen and oxygen atoms in total. The van der Waals surface area contributed by atoms with Gasteiger partial charge in [0, 0.05) is 17.5 Å². The van der Waals surface area contributed by atoms with E-state index in [2.05, 4.69) is 21.1 Å². The van der Waals surface area contributed by atoms with Gasteiger partial charge >= 0.3 is 0 Å². The topological polar surface area (TPSA) is 38.7 Å². The molecule has 1 aliphatic heterocycles. The molecule has 0 amide bonds. The van der Waals surface area contributed by atoms with E-state index in [-0.39, 0.29) is 5.75 Å². The minimum absolute atomic E-state index is 0.130. The summed E-state index contributed by atoms with van der Waals surface area (Å²) in [5.41, 5.74) is 2.32. The molecule has 0 saturated carbocycles. The molecule has 0 unspecified atom stereocenters. The maximum Gasteiger partial charge on any atom is 0.201 e. The van der Waals surface area contributed by atoms with Crippen LogP contribution in [0.25, 0.3) is 0 Å². The Bertz CT molecular complexity index is 435. The summed E-state index contributed by atoms with van der Waals surface area (Å²) >= 11 is 0. The van der Waals surface area contributed by atoms with Crippen molar-refractivity contribution in [2.24, 2.45) is 0 Å². The fraction of sp³-hybridized carbons (Fsp3) is 0.538. The minimum Gasteiger partial charge on any atom is -0.502 e. The summed E-state index contributed by atoms with van der Waals surface area (Å²) in [6.07, 6.45) is 0.863. The normalized spacial score (nSPS) is 14.4. The number of quaternary nitrogens is 1. The van der Waals surface area contributed by atoms with Gasteiger partial charge in [0.05, 0.1) is 34.9 Å². The molecule has 0 aromatic heterocycles. The van der Waals surface area contributed by atoms with E-state index in [0.717, 1.165) is 23.0 Å². The molecule has 0 spiro atoms. The van der Waals surface area contributed by atoms with E-state index in [4.69, 9.17) is 9.47 Å². The number of ether oxygens (including phenoxy) is 2. The van der Waals surface area contributed by atoms with E-state index < -0.39 is 0 Å². The minimum atomic E-state index is 0.130. The Labute approximate surface area is 102 Å². The first-order valence-electron chi connectivity index (χ1n) is 5.77. The molecule has 17 heavy (non-hydrogen) atoms. The summed E-state index contributed by atoms with van der Waals surface area (Å²) in [6, 6.07) is 1.92. The van der Waals surface area contributed by atoms with Gasteiger partial charge in [-0.05, 0) is 6.07 Å². The highest BCUT2D eigenvalue weighted by Gasteiger charge is 2.26. The van der Waals surface area contributed by atoms with Crippen molar-refractivity contribution >= 4 is 0 Å². The van der Waals surface area contributed by atoms with Gasteiger partial charge in [-0.3, -0.25) is 0 Å². The Balaban J connectivity index is 2.49. The first-order chi connectivity index (χ1) is 7.92. The van der Waals surface area contributed by atoms with Crippen LogP contribution in [0.1, 0.15) is 11.1 Å². The second-order valence-electron chi connectivity index (χ2n) is 5.44. The quantitative estimate of drug-likeness (QED) is 0.812. The van der Waals surface area contributed by atoms with Crippen LogP contribution in [0, 0.1) is 0 Å². The molecule has 1 aliphatic rings. The zero-order valence-corrected chi connectivity index (χ0v) is 10.9. The van der Waals surface area contributed by atoms with Crippen molar-refractivity contribution in [2.45, 2.75) is 13.0 Å². The van der Waals surface area contributed by atoms with Crippen LogP contribution in [0.2, 0.25) is 0 Å². The van der Waals surface area contributed by atoms with Crippen LogP contribution in [0.4, 0.5) is 0 Å². The number of methoxy groups -OCH3 is 1. The Morgan fingerprint density at radius 2 is 2.12 bits per heavy atom. The van der Waals surface area contributed by atoms with Crippen LogP contribution in [-0.4, -0.2) is 44.4 Å². The molecule has 0 aliphatic carbocycles. The molecule has 2 rings (SSSR count). The second kappa shape index (κ2) is 4.11. The Hall–Kier alpha value is -1.42. The van der Waals surface area contributed by atoms with Crippen molar-refractivity contribution in [3.63, 3.8) is 0 Å². The highest BCUT2D eigenvalue weighted by molar-refractivity contribution is 5.59. The first-order valence-corrected chi connectivity index (χ1v) is 5.77. The maximum atomic E-state index is 9.98. The van der Waals surface area contributed by atoms with E-state index in [1.807, 2.05) is 6.07 Å². The fourth-order valence-corrected chi connectivity index (χ4v) is 2.21. The number of rotatable bonds is 3. The Kier molecular flexibility index (Phi) is 2.91. The highest BCUT2D eigenvalue weighted by Crippen LogP contribution is 2.44. The van der Waals surface area contributed by atoms with Gasteiger partial charge in [-0.2, -0.15) is 0 Å². The van der Waals surface area contributed by atoms with E-state index in [9.17, 15) is 5.11 Å². The molecule has 1 heterocycles.